The van der Waals surface area contributed by atoms with E-state index < -0.39 is 11.6 Å². The van der Waals surface area contributed by atoms with E-state index in [9.17, 15) is 4.79 Å². The minimum Gasteiger partial charge on any atom is -0.488 e. The van der Waals surface area contributed by atoms with Crippen molar-refractivity contribution in [3.8, 4) is 5.75 Å². The second kappa shape index (κ2) is 5.41. The average Bonchev–Trinajstić information content (AvgIpc) is 2.21. The van der Waals surface area contributed by atoms with E-state index in [1.807, 2.05) is 26.8 Å². The molecule has 1 N–H and O–H groups in total. The molecular formula is C13H17ClO3. The van der Waals surface area contributed by atoms with Gasteiger partial charge in [-0.25, -0.2) is 0 Å². The lowest BCUT2D eigenvalue weighted by Crippen LogP contribution is -2.29. The summed E-state index contributed by atoms with van der Waals surface area (Å²) in [6, 6.07) is 5.42. The van der Waals surface area contributed by atoms with Crippen LogP contribution in [0.4, 0.5) is 0 Å². The zero-order valence-electron chi connectivity index (χ0n) is 10.3. The Labute approximate surface area is 106 Å². The molecular weight excluding hydrogens is 240 g/mol. The first-order chi connectivity index (χ1) is 7.80. The number of rotatable bonds is 5. The molecule has 4 heteroatoms. The van der Waals surface area contributed by atoms with Crippen molar-refractivity contribution in [1.82, 2.24) is 0 Å². The molecule has 0 amide bonds. The molecule has 0 atom stereocenters. The Morgan fingerprint density at radius 1 is 1.47 bits per heavy atom. The number of hydrogen-bond donors (Lipinski definition) is 1. The maximum atomic E-state index is 10.5. The van der Waals surface area contributed by atoms with Gasteiger partial charge in [0.25, 0.3) is 0 Å². The van der Waals surface area contributed by atoms with E-state index in [1.54, 1.807) is 12.1 Å². The number of aryl methyl sites for hydroxylation is 1. The molecule has 94 valence electrons. The van der Waals surface area contributed by atoms with Crippen LogP contribution in [0.2, 0.25) is 5.02 Å². The fourth-order valence-corrected chi connectivity index (χ4v) is 1.58. The number of benzene rings is 1. The minimum atomic E-state index is -0.811. The van der Waals surface area contributed by atoms with Crippen LogP contribution in [0.1, 0.15) is 32.3 Å². The Bertz CT molecular complexity index is 413. The van der Waals surface area contributed by atoms with Gasteiger partial charge in [-0.1, -0.05) is 11.6 Å². The maximum absolute atomic E-state index is 10.5. The van der Waals surface area contributed by atoms with E-state index in [-0.39, 0.29) is 6.42 Å². The summed E-state index contributed by atoms with van der Waals surface area (Å²) in [5.41, 5.74) is 0.441. The van der Waals surface area contributed by atoms with Crippen molar-refractivity contribution in [3.05, 3.63) is 28.8 Å². The van der Waals surface area contributed by atoms with Crippen LogP contribution in [0.25, 0.3) is 0 Å². The molecule has 0 aliphatic heterocycles. The molecule has 0 bridgehead atoms. The lowest BCUT2D eigenvalue weighted by molar-refractivity contribution is -0.138. The molecule has 0 aliphatic carbocycles. The van der Waals surface area contributed by atoms with Crippen molar-refractivity contribution in [1.29, 1.82) is 0 Å². The van der Waals surface area contributed by atoms with Crippen molar-refractivity contribution in [2.45, 2.75) is 39.2 Å². The largest absolute Gasteiger partial charge is 0.488 e. The number of aliphatic carboxylic acids is 1. The Morgan fingerprint density at radius 3 is 2.65 bits per heavy atom. The second-order valence-electron chi connectivity index (χ2n) is 4.67. The molecule has 0 fully saturated rings. The molecule has 0 heterocycles. The molecule has 0 radical (unpaired) electrons. The molecule has 3 nitrogen and oxygen atoms in total. The van der Waals surface area contributed by atoms with Crippen LogP contribution < -0.4 is 4.74 Å². The first-order valence-corrected chi connectivity index (χ1v) is 5.85. The van der Waals surface area contributed by atoms with E-state index in [4.69, 9.17) is 21.4 Å². The van der Waals surface area contributed by atoms with Crippen LogP contribution in [0.3, 0.4) is 0 Å². The van der Waals surface area contributed by atoms with Crippen LogP contribution in [0.15, 0.2) is 18.2 Å². The van der Waals surface area contributed by atoms with Crippen LogP contribution in [-0.4, -0.2) is 16.7 Å². The Balaban J connectivity index is 2.68. The highest BCUT2D eigenvalue weighted by Crippen LogP contribution is 2.26. The Kier molecular flexibility index (Phi) is 4.40. The minimum absolute atomic E-state index is 0.0968. The molecule has 1 rings (SSSR count). The lowest BCUT2D eigenvalue weighted by atomic mass is 10.0. The van der Waals surface area contributed by atoms with E-state index in [0.29, 0.717) is 17.2 Å². The van der Waals surface area contributed by atoms with Crippen molar-refractivity contribution < 1.29 is 14.6 Å². The van der Waals surface area contributed by atoms with E-state index >= 15 is 0 Å². The number of carboxylic acids is 1. The zero-order valence-corrected chi connectivity index (χ0v) is 11.0. The van der Waals surface area contributed by atoms with Gasteiger partial charge in [0, 0.05) is 11.4 Å². The van der Waals surface area contributed by atoms with E-state index in [0.717, 1.165) is 5.56 Å². The number of ether oxygens (including phenoxy) is 1. The van der Waals surface area contributed by atoms with Gasteiger partial charge in [-0.2, -0.15) is 0 Å². The van der Waals surface area contributed by atoms with Crippen LogP contribution in [-0.2, 0) is 4.79 Å². The van der Waals surface area contributed by atoms with Gasteiger partial charge in [0.15, 0.2) is 0 Å². The monoisotopic (exact) mass is 256 g/mol. The van der Waals surface area contributed by atoms with Crippen LogP contribution in [0, 0.1) is 6.92 Å². The van der Waals surface area contributed by atoms with Gasteiger partial charge in [0.1, 0.15) is 11.4 Å². The third-order valence-electron chi connectivity index (χ3n) is 2.46. The van der Waals surface area contributed by atoms with Crippen molar-refractivity contribution in [2.75, 3.05) is 0 Å². The predicted molar refractivity (Wildman–Crippen MR) is 67.8 cm³/mol. The first-order valence-electron chi connectivity index (χ1n) is 5.47. The summed E-state index contributed by atoms with van der Waals surface area (Å²) in [5, 5.41) is 9.35. The quantitative estimate of drug-likeness (QED) is 0.874. The zero-order chi connectivity index (χ0) is 13.1. The van der Waals surface area contributed by atoms with Gasteiger partial charge >= 0.3 is 5.97 Å². The fourth-order valence-electron chi connectivity index (χ4n) is 1.46. The van der Waals surface area contributed by atoms with Crippen LogP contribution >= 0.6 is 11.6 Å². The molecule has 1 aromatic carbocycles. The highest BCUT2D eigenvalue weighted by molar-refractivity contribution is 6.31. The molecule has 1 aromatic rings. The summed E-state index contributed by atoms with van der Waals surface area (Å²) in [5.74, 6) is -0.101. The molecule has 17 heavy (non-hydrogen) atoms. The van der Waals surface area contributed by atoms with Crippen molar-refractivity contribution >= 4 is 17.6 Å². The second-order valence-corrected chi connectivity index (χ2v) is 5.07. The molecule has 0 saturated heterocycles. The SMILES string of the molecule is Cc1cc(OC(C)(C)CCC(=O)O)ccc1Cl. The molecule has 0 aromatic heterocycles. The maximum Gasteiger partial charge on any atom is 0.303 e. The number of hydrogen-bond acceptors (Lipinski definition) is 2. The summed E-state index contributed by atoms with van der Waals surface area (Å²) in [6.45, 7) is 5.65. The van der Waals surface area contributed by atoms with Crippen molar-refractivity contribution in [2.24, 2.45) is 0 Å². The van der Waals surface area contributed by atoms with Crippen LogP contribution in [0.5, 0.6) is 5.75 Å². The molecule has 0 spiro atoms. The number of halogens is 1. The fraction of sp³-hybridized carbons (Fsp3) is 0.462. The predicted octanol–water partition coefficient (Wildman–Crippen LogP) is 3.67. The van der Waals surface area contributed by atoms with Gasteiger partial charge < -0.3 is 9.84 Å². The topological polar surface area (TPSA) is 46.5 Å². The highest BCUT2D eigenvalue weighted by atomic mass is 35.5. The van der Waals surface area contributed by atoms with Gasteiger partial charge in [-0.15, -0.1) is 0 Å². The smallest absolute Gasteiger partial charge is 0.303 e. The average molecular weight is 257 g/mol. The van der Waals surface area contributed by atoms with Crippen molar-refractivity contribution in [3.63, 3.8) is 0 Å². The molecule has 0 saturated carbocycles. The standard InChI is InChI=1S/C13H17ClO3/c1-9-8-10(4-5-11(9)14)17-13(2,3)7-6-12(15)16/h4-5,8H,6-7H2,1-3H3,(H,15,16). The number of carbonyl (C=O) groups is 1. The summed E-state index contributed by atoms with van der Waals surface area (Å²) < 4.78 is 5.77. The summed E-state index contributed by atoms with van der Waals surface area (Å²) in [4.78, 5) is 10.5. The number of carboxylic acid groups (broad SMARTS) is 1. The normalized spacial score (nSPS) is 11.3. The summed E-state index contributed by atoms with van der Waals surface area (Å²) >= 11 is 5.92. The van der Waals surface area contributed by atoms with Gasteiger partial charge in [-0.05, 0) is 51.0 Å². The highest BCUT2D eigenvalue weighted by Gasteiger charge is 2.21. The van der Waals surface area contributed by atoms with Gasteiger partial charge in [0.2, 0.25) is 0 Å². The Hall–Kier alpha value is -1.22. The first kappa shape index (κ1) is 13.8. The molecule has 0 aliphatic rings. The third kappa shape index (κ3) is 4.65. The van der Waals surface area contributed by atoms with Gasteiger partial charge in [0.05, 0.1) is 0 Å². The van der Waals surface area contributed by atoms with E-state index in [1.165, 1.54) is 0 Å². The van der Waals surface area contributed by atoms with E-state index in [2.05, 4.69) is 0 Å². The lowest BCUT2D eigenvalue weighted by Gasteiger charge is -2.26. The third-order valence-corrected chi connectivity index (χ3v) is 2.89. The molecule has 0 unspecified atom stereocenters. The summed E-state index contributed by atoms with van der Waals surface area (Å²) in [7, 11) is 0. The van der Waals surface area contributed by atoms with Gasteiger partial charge in [-0.3, -0.25) is 4.79 Å². The summed E-state index contributed by atoms with van der Waals surface area (Å²) in [6.07, 6.45) is 0.559. The Morgan fingerprint density at radius 2 is 2.12 bits per heavy atom.